The molecule has 0 unspecified atom stereocenters. The minimum atomic E-state index is -3.63. The van der Waals surface area contributed by atoms with Crippen molar-refractivity contribution in [1.29, 1.82) is 0 Å². The molecule has 0 saturated heterocycles. The van der Waals surface area contributed by atoms with Gasteiger partial charge in [0.15, 0.2) is 0 Å². The lowest BCUT2D eigenvalue weighted by atomic mass is 10.1. The number of unbranched alkanes of at least 4 members (excludes halogenated alkanes) is 1. The number of hydrogen-bond donors (Lipinski definition) is 2. The maximum Gasteiger partial charge on any atom is 0.238 e. The molecule has 1 aromatic rings. The van der Waals surface area contributed by atoms with Crippen molar-refractivity contribution in [3.63, 3.8) is 0 Å². The normalized spacial score (nSPS) is 11.5. The van der Waals surface area contributed by atoms with Crippen LogP contribution in [0, 0.1) is 13.8 Å². The second kappa shape index (κ2) is 5.51. The molecule has 0 bridgehead atoms. The molecule has 3 N–H and O–H groups in total. The Bertz CT molecular complexity index is 495. The molecule has 17 heavy (non-hydrogen) atoms. The van der Waals surface area contributed by atoms with E-state index in [1.54, 1.807) is 13.0 Å². The number of nitrogens with two attached hydrogens (primary N) is 1. The summed E-state index contributed by atoms with van der Waals surface area (Å²) in [6.07, 6.45) is 2.22. The van der Waals surface area contributed by atoms with Crippen LogP contribution in [0.4, 0.5) is 5.69 Å². The van der Waals surface area contributed by atoms with Crippen molar-refractivity contribution in [2.45, 2.75) is 38.5 Å². The van der Waals surface area contributed by atoms with Crippen molar-refractivity contribution in [1.82, 2.24) is 0 Å². The highest BCUT2D eigenvalue weighted by atomic mass is 32.2. The fourth-order valence-electron chi connectivity index (χ4n) is 1.69. The van der Waals surface area contributed by atoms with Crippen LogP contribution in [-0.4, -0.2) is 15.0 Å². The molecule has 1 aromatic carbocycles. The highest BCUT2D eigenvalue weighted by Gasteiger charge is 2.13. The van der Waals surface area contributed by atoms with E-state index in [0.29, 0.717) is 5.56 Å². The van der Waals surface area contributed by atoms with Gasteiger partial charge < -0.3 is 5.32 Å². The second-order valence-corrected chi connectivity index (χ2v) is 5.79. The third-order valence-corrected chi connectivity index (χ3v) is 3.73. The quantitative estimate of drug-likeness (QED) is 0.793. The molecule has 0 heterocycles. The van der Waals surface area contributed by atoms with E-state index in [1.807, 2.05) is 13.0 Å². The van der Waals surface area contributed by atoms with Gasteiger partial charge in [-0.3, -0.25) is 0 Å². The smallest absolute Gasteiger partial charge is 0.238 e. The number of hydrogen-bond acceptors (Lipinski definition) is 3. The van der Waals surface area contributed by atoms with Crippen LogP contribution < -0.4 is 10.5 Å². The van der Waals surface area contributed by atoms with Crippen LogP contribution >= 0.6 is 0 Å². The molecule has 0 spiro atoms. The molecular weight excluding hydrogens is 236 g/mol. The molecule has 0 aliphatic heterocycles. The fraction of sp³-hybridized carbons (Fsp3) is 0.500. The van der Waals surface area contributed by atoms with Gasteiger partial charge in [0.25, 0.3) is 0 Å². The Balaban J connectivity index is 3.02. The number of sulfonamides is 1. The monoisotopic (exact) mass is 256 g/mol. The van der Waals surface area contributed by atoms with E-state index in [-0.39, 0.29) is 4.90 Å². The minimum Gasteiger partial charge on any atom is -0.385 e. The van der Waals surface area contributed by atoms with Crippen molar-refractivity contribution in [2.75, 3.05) is 11.9 Å². The maximum absolute atomic E-state index is 11.3. The van der Waals surface area contributed by atoms with Crippen LogP contribution in [0.2, 0.25) is 0 Å². The Morgan fingerprint density at radius 3 is 2.41 bits per heavy atom. The van der Waals surface area contributed by atoms with Gasteiger partial charge in [-0.05, 0) is 43.5 Å². The van der Waals surface area contributed by atoms with E-state index in [4.69, 9.17) is 5.14 Å². The van der Waals surface area contributed by atoms with Crippen LogP contribution in [0.5, 0.6) is 0 Å². The van der Waals surface area contributed by atoms with Crippen LogP contribution in [0.25, 0.3) is 0 Å². The second-order valence-electron chi connectivity index (χ2n) is 4.26. The first-order chi connectivity index (χ1) is 7.86. The number of primary sulfonamides is 1. The maximum atomic E-state index is 11.3. The highest BCUT2D eigenvalue weighted by Crippen LogP contribution is 2.23. The van der Waals surface area contributed by atoms with E-state index in [9.17, 15) is 8.42 Å². The Morgan fingerprint density at radius 1 is 1.24 bits per heavy atom. The molecule has 96 valence electrons. The number of aryl methyl sites for hydroxylation is 2. The van der Waals surface area contributed by atoms with Gasteiger partial charge in [0.2, 0.25) is 10.0 Å². The average molecular weight is 256 g/mol. The van der Waals surface area contributed by atoms with Crippen LogP contribution in [0.3, 0.4) is 0 Å². The first-order valence-electron chi connectivity index (χ1n) is 5.74. The van der Waals surface area contributed by atoms with E-state index in [1.165, 1.54) is 0 Å². The molecule has 4 nitrogen and oxygen atoms in total. The molecule has 0 aromatic heterocycles. The van der Waals surface area contributed by atoms with Gasteiger partial charge in [-0.2, -0.15) is 0 Å². The van der Waals surface area contributed by atoms with Gasteiger partial charge in [0.05, 0.1) is 4.90 Å². The lowest BCUT2D eigenvalue weighted by Crippen LogP contribution is -2.14. The van der Waals surface area contributed by atoms with Crippen molar-refractivity contribution < 1.29 is 8.42 Å². The third-order valence-electron chi connectivity index (χ3n) is 2.67. The Labute approximate surface area is 103 Å². The molecule has 0 fully saturated rings. The largest absolute Gasteiger partial charge is 0.385 e. The summed E-state index contributed by atoms with van der Waals surface area (Å²) < 4.78 is 22.7. The van der Waals surface area contributed by atoms with Gasteiger partial charge in [-0.1, -0.05) is 13.3 Å². The molecule has 0 atom stereocenters. The summed E-state index contributed by atoms with van der Waals surface area (Å²) in [5, 5.41) is 8.45. The number of benzene rings is 1. The summed E-state index contributed by atoms with van der Waals surface area (Å²) in [6, 6.07) is 3.46. The van der Waals surface area contributed by atoms with Crippen molar-refractivity contribution in [3.8, 4) is 0 Å². The van der Waals surface area contributed by atoms with Gasteiger partial charge in [0, 0.05) is 12.2 Å². The zero-order valence-corrected chi connectivity index (χ0v) is 11.4. The highest BCUT2D eigenvalue weighted by molar-refractivity contribution is 7.89. The predicted octanol–water partition coefficient (Wildman–Crippen LogP) is 2.16. The van der Waals surface area contributed by atoms with Crippen molar-refractivity contribution >= 4 is 15.7 Å². The summed E-state index contributed by atoms with van der Waals surface area (Å²) in [5.74, 6) is 0. The molecule has 0 amide bonds. The molecule has 5 heteroatoms. The fourth-order valence-corrected chi connectivity index (χ4v) is 2.54. The molecule has 0 saturated carbocycles. The van der Waals surface area contributed by atoms with Gasteiger partial charge >= 0.3 is 0 Å². The van der Waals surface area contributed by atoms with E-state index >= 15 is 0 Å². The molecule has 0 aliphatic carbocycles. The summed E-state index contributed by atoms with van der Waals surface area (Å²) in [4.78, 5) is 0.205. The molecule has 0 radical (unpaired) electrons. The van der Waals surface area contributed by atoms with Gasteiger partial charge in [0.1, 0.15) is 0 Å². The van der Waals surface area contributed by atoms with Crippen LogP contribution in [0.15, 0.2) is 17.0 Å². The first kappa shape index (κ1) is 14.0. The van der Waals surface area contributed by atoms with E-state index in [2.05, 4.69) is 12.2 Å². The van der Waals surface area contributed by atoms with E-state index in [0.717, 1.165) is 30.6 Å². The Hall–Kier alpha value is -1.07. The molecular formula is C12H20N2O2S. The lowest BCUT2D eigenvalue weighted by molar-refractivity contribution is 0.597. The number of rotatable bonds is 5. The zero-order chi connectivity index (χ0) is 13.1. The average Bonchev–Trinajstić information content (AvgIpc) is 2.21. The van der Waals surface area contributed by atoms with Crippen molar-refractivity contribution in [2.24, 2.45) is 5.14 Å². The summed E-state index contributed by atoms with van der Waals surface area (Å²) >= 11 is 0. The number of nitrogens with one attached hydrogen (secondary N) is 1. The summed E-state index contributed by atoms with van der Waals surface area (Å²) in [7, 11) is -3.63. The van der Waals surface area contributed by atoms with Gasteiger partial charge in [-0.15, -0.1) is 0 Å². The lowest BCUT2D eigenvalue weighted by Gasteiger charge is -2.12. The topological polar surface area (TPSA) is 72.2 Å². The van der Waals surface area contributed by atoms with E-state index < -0.39 is 10.0 Å². The SMILES string of the molecule is CCCCNc1cc(C)c(S(N)(=O)=O)cc1C. The zero-order valence-electron chi connectivity index (χ0n) is 10.6. The number of anilines is 1. The molecule has 0 aliphatic rings. The van der Waals surface area contributed by atoms with Crippen LogP contribution in [-0.2, 0) is 10.0 Å². The van der Waals surface area contributed by atoms with Crippen LogP contribution in [0.1, 0.15) is 30.9 Å². The summed E-state index contributed by atoms with van der Waals surface area (Å²) in [6.45, 7) is 6.65. The van der Waals surface area contributed by atoms with Gasteiger partial charge in [-0.25, -0.2) is 13.6 Å². The molecule has 1 rings (SSSR count). The third kappa shape index (κ3) is 3.71. The first-order valence-corrected chi connectivity index (χ1v) is 7.28. The Kier molecular flexibility index (Phi) is 4.54. The van der Waals surface area contributed by atoms with Crippen molar-refractivity contribution in [3.05, 3.63) is 23.3 Å². The predicted molar refractivity (Wildman–Crippen MR) is 70.7 cm³/mol. The summed E-state index contributed by atoms with van der Waals surface area (Å²) in [5.41, 5.74) is 2.55. The minimum absolute atomic E-state index is 0.205. The Morgan fingerprint density at radius 2 is 1.88 bits per heavy atom. The standard InChI is InChI=1S/C12H20N2O2S/c1-4-5-6-14-11-7-10(3)12(8-9(11)2)17(13,15)16/h7-8,14H,4-6H2,1-3H3,(H2,13,15,16).